The summed E-state index contributed by atoms with van der Waals surface area (Å²) >= 11 is 0. The molecule has 54 heavy (non-hydrogen) atoms. The topological polar surface area (TPSA) is 70.1 Å². The normalized spacial score (nSPS) is 12.4. The Morgan fingerprint density at radius 1 is 0.389 bits per heavy atom. The minimum Gasteiger partial charge on any atom is -0.456 e. The highest BCUT2D eigenvalue weighted by atomic mass is 16.3. The van der Waals surface area contributed by atoms with E-state index in [0.29, 0.717) is 17.2 Å². The van der Waals surface area contributed by atoms with Crippen molar-refractivity contribution in [3.8, 4) is 17.2 Å². The minimum atomic E-state index is 0.529. The summed E-state index contributed by atoms with van der Waals surface area (Å²) in [7, 11) is 0. The van der Waals surface area contributed by atoms with E-state index in [1.807, 2.05) is 60.7 Å². The fourth-order valence-electron chi connectivity index (χ4n) is 8.98. The van der Waals surface area contributed by atoms with Gasteiger partial charge in [0.15, 0.2) is 11.2 Å². The van der Waals surface area contributed by atoms with Gasteiger partial charge in [-0.05, 0) is 57.9 Å². The van der Waals surface area contributed by atoms with Gasteiger partial charge in [0.1, 0.15) is 39.1 Å². The molecule has 0 aliphatic rings. The van der Waals surface area contributed by atoms with Gasteiger partial charge >= 0.3 is 0 Å². The van der Waals surface area contributed by atoms with Crippen LogP contribution >= 0.6 is 0 Å². The second-order valence-electron chi connectivity index (χ2n) is 14.0. The molecular formula is C48H25N3O3. The Labute approximate surface area is 305 Å². The van der Waals surface area contributed by atoms with Gasteiger partial charge in [0.25, 0.3) is 0 Å². The molecule has 13 aromatic rings. The van der Waals surface area contributed by atoms with E-state index in [-0.39, 0.29) is 0 Å². The molecule has 0 aliphatic carbocycles. The van der Waals surface area contributed by atoms with E-state index in [0.717, 1.165) is 109 Å². The number of hydrogen-bond donors (Lipinski definition) is 0. The number of furan rings is 3. The Morgan fingerprint density at radius 2 is 0.981 bits per heavy atom. The second-order valence-corrected chi connectivity index (χ2v) is 14.0. The molecule has 0 bridgehead atoms. The van der Waals surface area contributed by atoms with Gasteiger partial charge < -0.3 is 13.3 Å². The van der Waals surface area contributed by atoms with Crippen LogP contribution in [-0.4, -0.2) is 14.5 Å². The van der Waals surface area contributed by atoms with Crippen LogP contribution in [0.1, 0.15) is 0 Å². The molecule has 13 rings (SSSR count). The molecule has 0 atom stereocenters. The van der Waals surface area contributed by atoms with Crippen molar-refractivity contribution < 1.29 is 13.3 Å². The third-order valence-corrected chi connectivity index (χ3v) is 11.2. The van der Waals surface area contributed by atoms with Gasteiger partial charge in [0.2, 0.25) is 5.95 Å². The molecule has 0 saturated heterocycles. The first kappa shape index (κ1) is 28.2. The van der Waals surface area contributed by atoms with Gasteiger partial charge in [0.05, 0.1) is 5.52 Å². The largest absolute Gasteiger partial charge is 0.456 e. The van der Waals surface area contributed by atoms with Crippen LogP contribution in [0, 0.1) is 0 Å². The average Bonchev–Trinajstić information content (AvgIpc) is 3.99. The molecule has 0 unspecified atom stereocenters. The van der Waals surface area contributed by atoms with E-state index in [9.17, 15) is 0 Å². The van der Waals surface area contributed by atoms with Crippen LogP contribution in [-0.2, 0) is 0 Å². The molecule has 250 valence electrons. The average molecular weight is 692 g/mol. The van der Waals surface area contributed by atoms with Gasteiger partial charge in [0, 0.05) is 43.3 Å². The standard InChI is InChI=1S/C48H25N3O3/c1-2-13-27-26(12-1)24-25-34-41(27)42-29-15-4-3-14-28(29)40-31-17-6-9-21-36(31)53-46(40)45(42)51(34)48-49-43-32-18-7-10-22-37(32)54-47(43)44(50-48)33-19-11-23-38-39(33)30-16-5-8-20-35(30)52-38/h1-25H. The van der Waals surface area contributed by atoms with Crippen molar-refractivity contribution in [3.05, 3.63) is 152 Å². The van der Waals surface area contributed by atoms with Crippen molar-refractivity contribution in [3.63, 3.8) is 0 Å². The minimum absolute atomic E-state index is 0.529. The molecule has 0 spiro atoms. The third-order valence-electron chi connectivity index (χ3n) is 11.2. The summed E-state index contributed by atoms with van der Waals surface area (Å²) in [6.07, 6.45) is 0. The Hall–Kier alpha value is -7.44. The summed E-state index contributed by atoms with van der Waals surface area (Å²) in [6.45, 7) is 0. The van der Waals surface area contributed by atoms with Gasteiger partial charge in [-0.1, -0.05) is 115 Å². The molecule has 5 heterocycles. The van der Waals surface area contributed by atoms with Crippen LogP contribution in [0.5, 0.6) is 0 Å². The SMILES string of the molecule is c1ccc2c(c1)ccc1c2c2c3ccccc3c3c4ccccc4oc3c2n1-c1nc(-c2cccc3oc4ccccc4c23)c2oc3ccccc3c2n1. The summed E-state index contributed by atoms with van der Waals surface area (Å²) in [5, 5.41) is 11.9. The molecule has 0 radical (unpaired) electrons. The molecule has 5 aromatic heterocycles. The molecule has 0 N–H and O–H groups in total. The van der Waals surface area contributed by atoms with Gasteiger partial charge in [-0.2, -0.15) is 0 Å². The van der Waals surface area contributed by atoms with Crippen molar-refractivity contribution in [2.24, 2.45) is 0 Å². The van der Waals surface area contributed by atoms with E-state index < -0.39 is 0 Å². The predicted molar refractivity (Wildman–Crippen MR) is 219 cm³/mol. The molecule has 0 fully saturated rings. The zero-order valence-electron chi connectivity index (χ0n) is 28.5. The Balaban J connectivity index is 1.28. The van der Waals surface area contributed by atoms with E-state index >= 15 is 0 Å². The molecule has 0 aliphatic heterocycles. The molecule has 0 saturated carbocycles. The summed E-state index contributed by atoms with van der Waals surface area (Å²) < 4.78 is 22.2. The van der Waals surface area contributed by atoms with Crippen molar-refractivity contribution in [1.29, 1.82) is 0 Å². The maximum Gasteiger partial charge on any atom is 0.236 e. The van der Waals surface area contributed by atoms with Gasteiger partial charge in [-0.3, -0.25) is 4.57 Å². The summed E-state index contributed by atoms with van der Waals surface area (Å²) in [5.74, 6) is 0.529. The maximum atomic E-state index is 6.92. The number of benzene rings is 8. The first-order chi connectivity index (χ1) is 26.8. The van der Waals surface area contributed by atoms with Crippen molar-refractivity contribution in [2.75, 3.05) is 0 Å². The Bertz CT molecular complexity index is 3750. The van der Waals surface area contributed by atoms with Crippen LogP contribution in [0.25, 0.3) is 127 Å². The van der Waals surface area contributed by atoms with E-state index in [1.165, 1.54) is 0 Å². The molecular weight excluding hydrogens is 667 g/mol. The van der Waals surface area contributed by atoms with Gasteiger partial charge in [-0.25, -0.2) is 9.97 Å². The van der Waals surface area contributed by atoms with Crippen LogP contribution in [0.2, 0.25) is 0 Å². The lowest BCUT2D eigenvalue weighted by molar-refractivity contribution is 0.666. The smallest absolute Gasteiger partial charge is 0.236 e. The number of fused-ring (bicyclic) bond motifs is 18. The van der Waals surface area contributed by atoms with Crippen molar-refractivity contribution in [1.82, 2.24) is 14.5 Å². The number of aromatic nitrogens is 3. The number of nitrogens with zero attached hydrogens (tertiary/aromatic N) is 3. The Morgan fingerprint density at radius 3 is 1.78 bits per heavy atom. The zero-order chi connectivity index (χ0) is 35.1. The van der Waals surface area contributed by atoms with Crippen LogP contribution in [0.3, 0.4) is 0 Å². The lowest BCUT2D eigenvalue weighted by Crippen LogP contribution is -2.03. The van der Waals surface area contributed by atoms with E-state index in [2.05, 4.69) is 95.6 Å². The maximum absolute atomic E-state index is 6.92. The predicted octanol–water partition coefficient (Wildman–Crippen LogP) is 13.2. The molecule has 6 heteroatoms. The summed E-state index contributed by atoms with van der Waals surface area (Å²) in [4.78, 5) is 11.0. The molecule has 0 amide bonds. The first-order valence-electron chi connectivity index (χ1n) is 18.1. The monoisotopic (exact) mass is 691 g/mol. The highest BCUT2D eigenvalue weighted by molar-refractivity contribution is 6.37. The van der Waals surface area contributed by atoms with E-state index in [4.69, 9.17) is 23.2 Å². The lowest BCUT2D eigenvalue weighted by Gasteiger charge is -2.11. The van der Waals surface area contributed by atoms with Crippen LogP contribution in [0.4, 0.5) is 0 Å². The zero-order valence-corrected chi connectivity index (χ0v) is 28.5. The summed E-state index contributed by atoms with van der Waals surface area (Å²) in [6, 6.07) is 52.3. The number of hydrogen-bond acceptors (Lipinski definition) is 5. The summed E-state index contributed by atoms with van der Waals surface area (Å²) in [5.41, 5.74) is 8.90. The highest BCUT2D eigenvalue weighted by Gasteiger charge is 2.27. The second kappa shape index (κ2) is 10.1. The quantitative estimate of drug-likeness (QED) is 0.180. The van der Waals surface area contributed by atoms with E-state index in [1.54, 1.807) is 0 Å². The van der Waals surface area contributed by atoms with Crippen molar-refractivity contribution >= 4 is 109 Å². The third kappa shape index (κ3) is 3.54. The fraction of sp³-hybridized carbons (Fsp3) is 0. The Kier molecular flexibility index (Phi) is 5.28. The molecule has 6 nitrogen and oxygen atoms in total. The molecule has 8 aromatic carbocycles. The van der Waals surface area contributed by atoms with Crippen LogP contribution < -0.4 is 0 Å². The van der Waals surface area contributed by atoms with Crippen molar-refractivity contribution in [2.45, 2.75) is 0 Å². The lowest BCUT2D eigenvalue weighted by atomic mass is 9.97. The number of rotatable bonds is 2. The number of para-hydroxylation sites is 3. The van der Waals surface area contributed by atoms with Gasteiger partial charge in [-0.15, -0.1) is 0 Å². The first-order valence-corrected chi connectivity index (χ1v) is 18.1. The fourth-order valence-corrected chi connectivity index (χ4v) is 8.98. The highest BCUT2D eigenvalue weighted by Crippen LogP contribution is 2.48. The van der Waals surface area contributed by atoms with Crippen LogP contribution in [0.15, 0.2) is 165 Å².